The van der Waals surface area contributed by atoms with E-state index in [4.69, 9.17) is 4.74 Å². The smallest absolute Gasteiger partial charge is 0.312 e. The van der Waals surface area contributed by atoms with Crippen LogP contribution in [0, 0.1) is 55.2 Å². The first-order valence-corrected chi connectivity index (χ1v) is 14.3. The second-order valence-electron chi connectivity index (χ2n) is 15.3. The Morgan fingerprint density at radius 2 is 1.61 bits per heavy atom. The molecular formula is C31H47NO4. The fraction of sp³-hybridized carbons (Fsp3) is 0.871. The lowest BCUT2D eigenvalue weighted by Gasteiger charge is -2.69. The van der Waals surface area contributed by atoms with Crippen molar-refractivity contribution in [1.82, 2.24) is 0 Å². The molecule has 0 heterocycles. The van der Waals surface area contributed by atoms with Gasteiger partial charge in [0.25, 0.3) is 0 Å². The quantitative estimate of drug-likeness (QED) is 0.297. The molecule has 5 rings (SSSR count). The number of esters is 1. The van der Waals surface area contributed by atoms with Crippen LogP contribution in [0.5, 0.6) is 0 Å². The molecule has 5 nitrogen and oxygen atoms in total. The van der Waals surface area contributed by atoms with Gasteiger partial charge in [-0.25, -0.2) is 0 Å². The van der Waals surface area contributed by atoms with E-state index < -0.39 is 5.41 Å². The molecular weight excluding hydrogens is 450 g/mol. The Morgan fingerprint density at radius 1 is 0.944 bits per heavy atom. The van der Waals surface area contributed by atoms with Gasteiger partial charge in [0.1, 0.15) is 0 Å². The molecule has 0 aromatic carbocycles. The number of nitroso groups, excluding NO2 is 1. The molecule has 8 atom stereocenters. The number of methoxy groups -OCH3 is 1. The normalized spacial score (nSPS) is 48.9. The molecule has 1 unspecified atom stereocenters. The zero-order valence-electron chi connectivity index (χ0n) is 23.8. The van der Waals surface area contributed by atoms with Crippen LogP contribution >= 0.6 is 0 Å². The Labute approximate surface area is 217 Å². The first-order valence-electron chi connectivity index (χ1n) is 14.3. The van der Waals surface area contributed by atoms with Crippen LogP contribution in [0.3, 0.4) is 0 Å². The molecule has 0 saturated heterocycles. The molecule has 0 bridgehead atoms. The van der Waals surface area contributed by atoms with E-state index in [1.165, 1.54) is 12.7 Å². The maximum atomic E-state index is 14.4. The molecule has 4 fully saturated rings. The molecule has 200 valence electrons. The third-order valence-electron chi connectivity index (χ3n) is 13.1. The lowest BCUT2D eigenvalue weighted by atomic mass is 9.33. The molecule has 0 amide bonds. The molecule has 36 heavy (non-hydrogen) atoms. The van der Waals surface area contributed by atoms with E-state index in [0.29, 0.717) is 5.92 Å². The van der Waals surface area contributed by atoms with Gasteiger partial charge in [0.05, 0.1) is 18.6 Å². The minimum atomic E-state index is -0.539. The standard InChI is InChI=1S/C31H47NO4/c1-26(2)13-15-31(25(34)36-8)16-14-30(7)24(19(31)18-26)20(33)17-22-28(5)11-10-23(32-35)27(3,4)21(28)9-12-29(22,30)6/h17,19,21,23-24H,9-16,18H2,1-8H3/t19-,21-,23?,24-,28-,29+,30+,31-/m0/s1. The fourth-order valence-electron chi connectivity index (χ4n) is 10.7. The van der Waals surface area contributed by atoms with Crippen LogP contribution in [-0.2, 0) is 14.3 Å². The fourth-order valence-corrected chi connectivity index (χ4v) is 10.7. The molecule has 0 aromatic rings. The van der Waals surface area contributed by atoms with Gasteiger partial charge in [-0.2, -0.15) is 4.91 Å². The van der Waals surface area contributed by atoms with Crippen molar-refractivity contribution in [3.05, 3.63) is 16.6 Å². The molecule has 5 aliphatic rings. The van der Waals surface area contributed by atoms with E-state index in [9.17, 15) is 14.5 Å². The zero-order chi connectivity index (χ0) is 26.5. The van der Waals surface area contributed by atoms with Crippen molar-refractivity contribution < 1.29 is 14.3 Å². The van der Waals surface area contributed by atoms with Crippen molar-refractivity contribution in [1.29, 1.82) is 0 Å². The third kappa shape index (κ3) is 3.06. The molecule has 5 aliphatic carbocycles. The number of carbonyl (C=O) groups excluding carboxylic acids is 2. The lowest BCUT2D eigenvalue weighted by molar-refractivity contribution is -0.193. The van der Waals surface area contributed by atoms with E-state index in [2.05, 4.69) is 53.6 Å². The van der Waals surface area contributed by atoms with Crippen LogP contribution in [0.25, 0.3) is 0 Å². The van der Waals surface area contributed by atoms with Gasteiger partial charge in [-0.3, -0.25) is 9.59 Å². The van der Waals surface area contributed by atoms with Crippen molar-refractivity contribution in [2.24, 2.45) is 55.4 Å². The maximum Gasteiger partial charge on any atom is 0.312 e. The summed E-state index contributed by atoms with van der Waals surface area (Å²) in [6.45, 7) is 16.2. The Hall–Kier alpha value is -1.52. The van der Waals surface area contributed by atoms with E-state index in [1.54, 1.807) is 0 Å². The van der Waals surface area contributed by atoms with Gasteiger partial charge in [-0.1, -0.05) is 59.2 Å². The summed E-state index contributed by atoms with van der Waals surface area (Å²) in [6.07, 6.45) is 10.2. The summed E-state index contributed by atoms with van der Waals surface area (Å²) in [7, 11) is 1.51. The monoisotopic (exact) mass is 497 g/mol. The second kappa shape index (κ2) is 7.76. The van der Waals surface area contributed by atoms with Gasteiger partial charge in [0.15, 0.2) is 5.78 Å². The number of ether oxygens (including phenoxy) is 1. The number of allylic oxidation sites excluding steroid dienone is 2. The molecule has 0 aliphatic heterocycles. The van der Waals surface area contributed by atoms with Gasteiger partial charge in [-0.05, 0) is 103 Å². The number of ketones is 1. The zero-order valence-corrected chi connectivity index (χ0v) is 23.8. The summed E-state index contributed by atoms with van der Waals surface area (Å²) in [5, 5.41) is 3.55. The van der Waals surface area contributed by atoms with E-state index in [-0.39, 0.29) is 56.7 Å². The predicted molar refractivity (Wildman–Crippen MR) is 141 cm³/mol. The van der Waals surface area contributed by atoms with Crippen LogP contribution in [0.4, 0.5) is 0 Å². The van der Waals surface area contributed by atoms with Crippen molar-refractivity contribution in [2.75, 3.05) is 7.11 Å². The van der Waals surface area contributed by atoms with Gasteiger partial charge >= 0.3 is 5.97 Å². The largest absolute Gasteiger partial charge is 0.469 e. The Bertz CT molecular complexity index is 1030. The van der Waals surface area contributed by atoms with Crippen LogP contribution in [0.2, 0.25) is 0 Å². The number of carbonyl (C=O) groups is 2. The van der Waals surface area contributed by atoms with Crippen molar-refractivity contribution in [3.63, 3.8) is 0 Å². The topological polar surface area (TPSA) is 72.8 Å². The van der Waals surface area contributed by atoms with Crippen LogP contribution in [0.15, 0.2) is 16.8 Å². The van der Waals surface area contributed by atoms with Gasteiger partial charge in [-0.15, -0.1) is 0 Å². The van der Waals surface area contributed by atoms with Crippen molar-refractivity contribution >= 4 is 11.8 Å². The summed E-state index contributed by atoms with van der Waals surface area (Å²) in [4.78, 5) is 39.5. The lowest BCUT2D eigenvalue weighted by Crippen LogP contribution is -2.66. The van der Waals surface area contributed by atoms with E-state index in [1.807, 2.05) is 6.08 Å². The highest BCUT2D eigenvalue weighted by atomic mass is 16.5. The van der Waals surface area contributed by atoms with Crippen LogP contribution < -0.4 is 0 Å². The number of hydrogen-bond acceptors (Lipinski definition) is 5. The highest BCUT2D eigenvalue weighted by Crippen LogP contribution is 2.75. The van der Waals surface area contributed by atoms with Crippen LogP contribution in [-0.4, -0.2) is 24.9 Å². The second-order valence-corrected chi connectivity index (χ2v) is 15.3. The minimum Gasteiger partial charge on any atom is -0.469 e. The number of nitrogens with zero attached hydrogens (tertiary/aromatic N) is 1. The van der Waals surface area contributed by atoms with E-state index in [0.717, 1.165) is 57.8 Å². The molecule has 0 N–H and O–H groups in total. The Morgan fingerprint density at radius 3 is 2.25 bits per heavy atom. The Balaban J connectivity index is 1.64. The minimum absolute atomic E-state index is 0.0199. The summed E-state index contributed by atoms with van der Waals surface area (Å²) >= 11 is 0. The van der Waals surface area contributed by atoms with Crippen LogP contribution in [0.1, 0.15) is 106 Å². The number of rotatable bonds is 2. The highest BCUT2D eigenvalue weighted by molar-refractivity contribution is 5.96. The SMILES string of the molecule is COC(=O)[C@]12CCC(C)(C)C[C@H]1[C@H]1C(=O)C=C3[C@@]4(C)CCC(N=O)C(C)(C)[C@@H]4CC[C@@]3(C)[C@]1(C)CC2. The molecule has 0 spiro atoms. The van der Waals surface area contributed by atoms with Gasteiger partial charge in [0, 0.05) is 5.92 Å². The average Bonchev–Trinajstić information content (AvgIpc) is 2.79. The maximum absolute atomic E-state index is 14.4. The summed E-state index contributed by atoms with van der Waals surface area (Å²) in [5.74, 6) is 0.331. The summed E-state index contributed by atoms with van der Waals surface area (Å²) in [6, 6.07) is -0.164. The molecule has 4 saturated carbocycles. The molecule has 0 radical (unpaired) electrons. The number of fused-ring (bicyclic) bond motifs is 7. The summed E-state index contributed by atoms with van der Waals surface area (Å²) < 4.78 is 5.43. The average molecular weight is 498 g/mol. The first kappa shape index (κ1) is 26.1. The van der Waals surface area contributed by atoms with Crippen molar-refractivity contribution in [3.8, 4) is 0 Å². The summed E-state index contributed by atoms with van der Waals surface area (Å²) in [5.41, 5.74) is 0.317. The first-order chi connectivity index (χ1) is 16.6. The van der Waals surface area contributed by atoms with E-state index >= 15 is 0 Å². The van der Waals surface area contributed by atoms with Gasteiger partial charge < -0.3 is 4.74 Å². The predicted octanol–water partition coefficient (Wildman–Crippen LogP) is 7.28. The molecule has 0 aromatic heterocycles. The van der Waals surface area contributed by atoms with Gasteiger partial charge in [0.2, 0.25) is 0 Å². The molecule has 5 heteroatoms. The Kier molecular flexibility index (Phi) is 5.62. The third-order valence-corrected chi connectivity index (χ3v) is 13.1. The number of hydrogen-bond donors (Lipinski definition) is 0. The highest BCUT2D eigenvalue weighted by Gasteiger charge is 2.71. The van der Waals surface area contributed by atoms with Crippen molar-refractivity contribution in [2.45, 2.75) is 112 Å².